The lowest BCUT2D eigenvalue weighted by Crippen LogP contribution is -2.45. The second-order valence-corrected chi connectivity index (χ2v) is 4.68. The van der Waals surface area contributed by atoms with E-state index in [0.717, 1.165) is 10.9 Å². The van der Waals surface area contributed by atoms with Crippen molar-refractivity contribution in [3.63, 3.8) is 0 Å². The van der Waals surface area contributed by atoms with E-state index in [1.54, 1.807) is 0 Å². The molecule has 2 atom stereocenters. The van der Waals surface area contributed by atoms with E-state index in [0.29, 0.717) is 6.61 Å². The van der Waals surface area contributed by atoms with Gasteiger partial charge in [0.15, 0.2) is 0 Å². The monoisotopic (exact) mass is 286 g/mol. The number of nitrogens with two attached hydrogens (primary N) is 1. The van der Waals surface area contributed by atoms with Crippen LogP contribution >= 0.6 is 15.9 Å². The van der Waals surface area contributed by atoms with Gasteiger partial charge in [-0.05, 0) is 38.0 Å². The van der Waals surface area contributed by atoms with E-state index in [2.05, 4.69) is 33.5 Å². The van der Waals surface area contributed by atoms with E-state index < -0.39 is 0 Å². The number of rotatable bonds is 6. The van der Waals surface area contributed by atoms with Gasteiger partial charge in [0.2, 0.25) is 0 Å². The molecule has 0 spiro atoms. The molecular weight excluding hydrogens is 268 g/mol. The third-order valence-corrected chi connectivity index (χ3v) is 3.11. The fourth-order valence-electron chi connectivity index (χ4n) is 1.61. The van der Waals surface area contributed by atoms with Crippen molar-refractivity contribution in [2.45, 2.75) is 32.4 Å². The highest BCUT2D eigenvalue weighted by Crippen LogP contribution is 2.13. The van der Waals surface area contributed by atoms with Crippen molar-refractivity contribution in [1.29, 1.82) is 0 Å². The zero-order valence-electron chi connectivity index (χ0n) is 9.74. The van der Waals surface area contributed by atoms with E-state index in [9.17, 15) is 0 Å². The second-order valence-electron chi connectivity index (χ2n) is 3.76. The maximum absolute atomic E-state index is 5.54. The molecule has 0 saturated carbocycles. The largest absolute Gasteiger partial charge is 0.377 e. The highest BCUT2D eigenvalue weighted by atomic mass is 79.9. The number of benzene rings is 1. The molecule has 3 N–H and O–H groups in total. The van der Waals surface area contributed by atoms with Crippen LogP contribution in [0, 0.1) is 0 Å². The highest BCUT2D eigenvalue weighted by molar-refractivity contribution is 9.10. The maximum atomic E-state index is 5.54. The quantitative estimate of drug-likeness (QED) is 0.623. The summed E-state index contributed by atoms with van der Waals surface area (Å²) in [6, 6.07) is 8.39. The fourth-order valence-corrected chi connectivity index (χ4v) is 1.88. The van der Waals surface area contributed by atoms with Crippen LogP contribution in [0.4, 0.5) is 0 Å². The first-order chi connectivity index (χ1) is 7.67. The Kier molecular flexibility index (Phi) is 5.98. The van der Waals surface area contributed by atoms with Gasteiger partial charge >= 0.3 is 0 Å². The minimum absolute atomic E-state index is 0.110. The smallest absolute Gasteiger partial charge is 0.0716 e. The van der Waals surface area contributed by atoms with Gasteiger partial charge in [0, 0.05) is 11.1 Å². The fraction of sp³-hybridized carbons (Fsp3) is 0.500. The molecule has 0 bridgehead atoms. The Bertz CT molecular complexity index is 302. The summed E-state index contributed by atoms with van der Waals surface area (Å²) in [4.78, 5) is 0. The first kappa shape index (κ1) is 13.6. The van der Waals surface area contributed by atoms with Crippen LogP contribution in [-0.4, -0.2) is 18.8 Å². The maximum Gasteiger partial charge on any atom is 0.0716 e. The summed E-state index contributed by atoms with van der Waals surface area (Å²) in [7, 11) is 0. The molecule has 0 amide bonds. The summed E-state index contributed by atoms with van der Waals surface area (Å²) in [5.41, 5.74) is 4.06. The second kappa shape index (κ2) is 7.01. The van der Waals surface area contributed by atoms with Gasteiger partial charge in [-0.2, -0.15) is 0 Å². The predicted octanol–water partition coefficient (Wildman–Crippen LogP) is 2.25. The summed E-state index contributed by atoms with van der Waals surface area (Å²) < 4.78 is 6.63. The van der Waals surface area contributed by atoms with Crippen LogP contribution < -0.4 is 11.3 Å². The average molecular weight is 287 g/mol. The molecule has 0 fully saturated rings. The molecule has 1 rings (SSSR count). The van der Waals surface area contributed by atoms with Crippen molar-refractivity contribution in [2.75, 3.05) is 6.61 Å². The average Bonchev–Trinajstić information content (AvgIpc) is 2.28. The molecular formula is C12H19BrN2O. The van der Waals surface area contributed by atoms with E-state index >= 15 is 0 Å². The van der Waals surface area contributed by atoms with Gasteiger partial charge in [-0.1, -0.05) is 28.1 Å². The van der Waals surface area contributed by atoms with Crippen LogP contribution in [0.25, 0.3) is 0 Å². The Morgan fingerprint density at radius 1 is 1.38 bits per heavy atom. The Labute approximate surface area is 105 Å². The SMILES string of the molecule is CCOC(C)C(Cc1ccc(Br)cc1)NN. The van der Waals surface area contributed by atoms with Crippen LogP contribution in [0.2, 0.25) is 0 Å². The van der Waals surface area contributed by atoms with Gasteiger partial charge in [-0.15, -0.1) is 0 Å². The van der Waals surface area contributed by atoms with Crippen LogP contribution in [0.1, 0.15) is 19.4 Å². The number of halogens is 1. The van der Waals surface area contributed by atoms with Gasteiger partial charge in [-0.3, -0.25) is 11.3 Å². The minimum atomic E-state index is 0.110. The van der Waals surface area contributed by atoms with E-state index in [1.807, 2.05) is 26.0 Å². The summed E-state index contributed by atoms with van der Waals surface area (Å²) in [6.45, 7) is 4.73. The molecule has 1 aromatic carbocycles. The molecule has 0 saturated heterocycles. The van der Waals surface area contributed by atoms with Crippen molar-refractivity contribution < 1.29 is 4.74 Å². The Balaban J connectivity index is 2.59. The zero-order chi connectivity index (χ0) is 12.0. The van der Waals surface area contributed by atoms with Gasteiger partial charge < -0.3 is 4.74 Å². The predicted molar refractivity (Wildman–Crippen MR) is 70.0 cm³/mol. The lowest BCUT2D eigenvalue weighted by atomic mass is 10.0. The number of hydrogen-bond acceptors (Lipinski definition) is 3. The number of nitrogens with one attached hydrogen (secondary N) is 1. The summed E-state index contributed by atoms with van der Waals surface area (Å²) in [5.74, 6) is 5.54. The Morgan fingerprint density at radius 2 is 2.00 bits per heavy atom. The molecule has 0 heterocycles. The Morgan fingerprint density at radius 3 is 2.50 bits per heavy atom. The molecule has 4 heteroatoms. The van der Waals surface area contributed by atoms with Crippen molar-refractivity contribution in [3.8, 4) is 0 Å². The summed E-state index contributed by atoms with van der Waals surface area (Å²) in [5, 5.41) is 0. The van der Waals surface area contributed by atoms with Crippen molar-refractivity contribution >= 4 is 15.9 Å². The van der Waals surface area contributed by atoms with Crippen molar-refractivity contribution in [2.24, 2.45) is 5.84 Å². The topological polar surface area (TPSA) is 47.3 Å². The molecule has 0 aliphatic carbocycles. The lowest BCUT2D eigenvalue weighted by Gasteiger charge is -2.23. The molecule has 90 valence electrons. The minimum Gasteiger partial charge on any atom is -0.377 e. The van der Waals surface area contributed by atoms with Gasteiger partial charge in [0.1, 0.15) is 0 Å². The van der Waals surface area contributed by atoms with Crippen LogP contribution in [0.15, 0.2) is 28.7 Å². The van der Waals surface area contributed by atoms with E-state index in [1.165, 1.54) is 5.56 Å². The zero-order valence-corrected chi connectivity index (χ0v) is 11.3. The van der Waals surface area contributed by atoms with E-state index in [-0.39, 0.29) is 12.1 Å². The molecule has 16 heavy (non-hydrogen) atoms. The summed E-state index contributed by atoms with van der Waals surface area (Å²) >= 11 is 3.42. The molecule has 1 aromatic rings. The number of hydrogen-bond donors (Lipinski definition) is 2. The van der Waals surface area contributed by atoms with Crippen LogP contribution in [0.3, 0.4) is 0 Å². The molecule has 0 aromatic heterocycles. The van der Waals surface area contributed by atoms with Crippen LogP contribution in [0.5, 0.6) is 0 Å². The lowest BCUT2D eigenvalue weighted by molar-refractivity contribution is 0.0476. The molecule has 0 radical (unpaired) electrons. The standard InChI is InChI=1S/C12H19BrN2O/c1-3-16-9(2)12(15-14)8-10-4-6-11(13)7-5-10/h4-7,9,12,15H,3,8,14H2,1-2H3. The third-order valence-electron chi connectivity index (χ3n) is 2.58. The molecule has 0 aliphatic heterocycles. The molecule has 3 nitrogen and oxygen atoms in total. The third kappa shape index (κ3) is 4.22. The van der Waals surface area contributed by atoms with E-state index in [4.69, 9.17) is 10.6 Å². The van der Waals surface area contributed by atoms with Gasteiger partial charge in [-0.25, -0.2) is 0 Å². The van der Waals surface area contributed by atoms with Crippen LogP contribution in [-0.2, 0) is 11.2 Å². The first-order valence-corrected chi connectivity index (χ1v) is 6.28. The summed E-state index contributed by atoms with van der Waals surface area (Å²) in [6.07, 6.45) is 0.976. The Hall–Kier alpha value is -0.420. The van der Waals surface area contributed by atoms with Gasteiger partial charge in [0.25, 0.3) is 0 Å². The van der Waals surface area contributed by atoms with Crippen molar-refractivity contribution in [1.82, 2.24) is 5.43 Å². The highest BCUT2D eigenvalue weighted by Gasteiger charge is 2.16. The molecule has 0 aliphatic rings. The number of ether oxygens (including phenoxy) is 1. The van der Waals surface area contributed by atoms with Crippen molar-refractivity contribution in [3.05, 3.63) is 34.3 Å². The first-order valence-electron chi connectivity index (χ1n) is 5.49. The number of hydrazine groups is 1. The molecule has 2 unspecified atom stereocenters. The van der Waals surface area contributed by atoms with Gasteiger partial charge in [0.05, 0.1) is 12.1 Å². The normalized spacial score (nSPS) is 14.8.